The van der Waals surface area contributed by atoms with Crippen molar-refractivity contribution in [3.63, 3.8) is 0 Å². The molecule has 506 valence electrons. The molecule has 25 nitrogen and oxygen atoms in total. The fraction of sp³-hybridized carbons (Fsp3) is 0.617. The van der Waals surface area contributed by atoms with E-state index in [4.69, 9.17) is 53.6 Å². The third-order valence-corrected chi connectivity index (χ3v) is 18.5. The predicted octanol–water partition coefficient (Wildman–Crippen LogP) is -0.104. The largest absolute Gasteiger partial charge is 0.497 e. The number of aliphatic hydroxyl groups is 1. The first-order chi connectivity index (χ1) is 42.6. The number of rotatable bonds is 26. The first kappa shape index (κ1) is 79.1. The van der Waals surface area contributed by atoms with Crippen molar-refractivity contribution >= 4 is 145 Å². The van der Waals surface area contributed by atoms with Crippen molar-refractivity contribution in [1.82, 2.24) is 68.7 Å². The Morgan fingerprint density at radius 1 is 0.747 bits per heavy atom. The van der Waals surface area contributed by atoms with Gasteiger partial charge in [0.05, 0.1) is 58.3 Å². The number of amides is 8. The molecule has 0 radical (unpaired) electrons. The number of thiocarbonyl (C=S) groups is 4. The van der Waals surface area contributed by atoms with Gasteiger partial charge in [-0.3, -0.25) is 48.1 Å². The number of ether oxygens (including phenoxy) is 1. The lowest BCUT2D eigenvalue weighted by atomic mass is 9.98. The number of hydrogen-bond donors (Lipinski definition) is 14. The molecule has 0 aliphatic carbocycles. The Bertz CT molecular complexity index is 2850. The summed E-state index contributed by atoms with van der Waals surface area (Å²) >= 11 is 25.9. The van der Waals surface area contributed by atoms with Crippen LogP contribution in [-0.4, -0.2) is 201 Å². The van der Waals surface area contributed by atoms with Gasteiger partial charge in [-0.2, -0.15) is 11.8 Å². The molecule has 0 aromatic heterocycles. The average molecular weight is 1380 g/mol. The van der Waals surface area contributed by atoms with Crippen LogP contribution in [-0.2, 0) is 49.6 Å². The quantitative estimate of drug-likeness (QED) is 0.0425. The minimum Gasteiger partial charge on any atom is -0.497 e. The number of thioether (sulfide) groups is 2. The Morgan fingerprint density at radius 2 is 1.35 bits per heavy atom. The number of likely N-dealkylation sites (N-methyl/N-ethyl adjacent to an activating group) is 1. The molecular formula is C60H95N14O11S6+. The van der Waals surface area contributed by atoms with Gasteiger partial charge in [0.2, 0.25) is 47.1 Å². The number of nitrogens with zero attached hydrogens (tertiary/aromatic N) is 1. The molecule has 0 saturated carbocycles. The number of aliphatic hydroxyl groups excluding tert-OH is 1. The van der Waals surface area contributed by atoms with E-state index in [0.717, 1.165) is 16.7 Å². The third kappa shape index (κ3) is 24.7. The summed E-state index contributed by atoms with van der Waals surface area (Å²) < 4.78 is 5.30. The van der Waals surface area contributed by atoms with Gasteiger partial charge < -0.3 is 78.5 Å². The zero-order chi connectivity index (χ0) is 68.7. The molecule has 1 aromatic rings. The van der Waals surface area contributed by atoms with Crippen molar-refractivity contribution in [3.05, 3.63) is 53.3 Å². The summed E-state index contributed by atoms with van der Waals surface area (Å²) in [6, 6.07) is -4.41. The second-order valence-corrected chi connectivity index (χ2v) is 27.6. The number of carbonyl (C=O) groups is 9. The van der Waals surface area contributed by atoms with E-state index in [0.29, 0.717) is 47.3 Å². The van der Waals surface area contributed by atoms with Gasteiger partial charge in [0.15, 0.2) is 6.67 Å². The predicted molar refractivity (Wildman–Crippen MR) is 372 cm³/mol. The van der Waals surface area contributed by atoms with E-state index < -0.39 is 137 Å². The van der Waals surface area contributed by atoms with Gasteiger partial charge in [-0.25, -0.2) is 0 Å². The Kier molecular flexibility index (Phi) is 33.2. The van der Waals surface area contributed by atoms with Crippen LogP contribution < -0.4 is 73.4 Å². The normalized spacial score (nSPS) is 22.9. The zero-order valence-corrected chi connectivity index (χ0v) is 59.6. The molecule has 0 saturated heterocycles. The van der Waals surface area contributed by atoms with Crippen molar-refractivity contribution in [3.8, 4) is 5.75 Å². The first-order valence-corrected chi connectivity index (χ1v) is 34.1. The number of quaternary nitrogens is 1. The van der Waals surface area contributed by atoms with Crippen LogP contribution in [0.1, 0.15) is 101 Å². The number of Topliss-reactive ketones (excluding diaryl/α,β-unsaturated/α-hetero) is 1. The second kappa shape index (κ2) is 38.2. The monoisotopic (exact) mass is 1380 g/mol. The summed E-state index contributed by atoms with van der Waals surface area (Å²) in [6.45, 7) is 20.6. The fourth-order valence-corrected chi connectivity index (χ4v) is 12.0. The fourth-order valence-electron chi connectivity index (χ4n) is 9.35. The van der Waals surface area contributed by atoms with E-state index in [-0.39, 0.29) is 33.2 Å². The Morgan fingerprint density at radius 3 is 1.91 bits per heavy atom. The Hall–Kier alpha value is -6.09. The summed E-state index contributed by atoms with van der Waals surface area (Å²) in [4.78, 5) is 127. The van der Waals surface area contributed by atoms with Gasteiger partial charge in [-0.15, -0.1) is 11.8 Å². The molecule has 0 fully saturated rings. The molecular weight excluding hydrogens is 1290 g/mol. The molecule has 0 bridgehead atoms. The lowest BCUT2D eigenvalue weighted by Crippen LogP contribution is -3.03. The maximum atomic E-state index is 14.6. The molecule has 14 N–H and O–H groups in total. The molecule has 0 spiro atoms. The van der Waals surface area contributed by atoms with Crippen LogP contribution in [0.5, 0.6) is 5.75 Å². The molecule has 2 aliphatic heterocycles. The first-order valence-electron chi connectivity index (χ1n) is 30.2. The SMILES string of the molecule is CCC(C)C(NC(=S)C(C)NC(=O)C(C)NC(=S)C(CCSC)NC(=S)C(NC(=O)C(C)=O)C(C)C)C(=S)NC(C)C(=O)NC1C(=O)NC(C(C)C)C(=O)NC(C)C(=O)NC(Cc2ccc(OC)cc2)C(=O)NC(C(O)C2=C[NH+](C)CN2C)C(=O)NC=CSC1C. The van der Waals surface area contributed by atoms with Gasteiger partial charge in [-0.1, -0.05) is 116 Å². The number of carbonyl (C=O) groups excluding carboxylic acids is 9. The molecule has 2 aliphatic rings. The van der Waals surface area contributed by atoms with Crippen LogP contribution in [0.3, 0.4) is 0 Å². The van der Waals surface area contributed by atoms with Gasteiger partial charge in [0.25, 0.3) is 5.91 Å². The maximum Gasteiger partial charge on any atom is 0.287 e. The van der Waals surface area contributed by atoms with E-state index in [1.54, 1.807) is 95.7 Å². The topological polar surface area (TPSA) is 335 Å². The van der Waals surface area contributed by atoms with E-state index >= 15 is 0 Å². The third-order valence-electron chi connectivity index (χ3n) is 15.2. The van der Waals surface area contributed by atoms with Gasteiger partial charge >= 0.3 is 0 Å². The molecule has 1 aromatic carbocycles. The lowest BCUT2D eigenvalue weighted by Gasteiger charge is -2.32. The van der Waals surface area contributed by atoms with Crippen molar-refractivity contribution in [2.24, 2.45) is 17.8 Å². The van der Waals surface area contributed by atoms with E-state index in [9.17, 15) is 48.3 Å². The van der Waals surface area contributed by atoms with E-state index in [1.165, 1.54) is 32.6 Å². The molecule has 2 heterocycles. The summed E-state index contributed by atoms with van der Waals surface area (Å²) in [7, 11) is 5.10. The van der Waals surface area contributed by atoms with Gasteiger partial charge in [-0.05, 0) is 87.0 Å². The number of ketones is 1. The zero-order valence-electron chi connectivity index (χ0n) is 54.7. The van der Waals surface area contributed by atoms with Crippen LogP contribution in [0.4, 0.5) is 0 Å². The van der Waals surface area contributed by atoms with Crippen LogP contribution in [0.15, 0.2) is 47.8 Å². The number of hydrogen-bond acceptors (Lipinski definition) is 18. The van der Waals surface area contributed by atoms with Crippen molar-refractivity contribution in [2.75, 3.05) is 39.9 Å². The van der Waals surface area contributed by atoms with E-state index in [2.05, 4.69) is 63.8 Å². The number of benzene rings is 1. The molecule has 15 unspecified atom stereocenters. The molecule has 91 heavy (non-hydrogen) atoms. The number of methoxy groups -OCH3 is 1. The van der Waals surface area contributed by atoms with Crippen LogP contribution in [0, 0.1) is 17.8 Å². The summed E-state index contributed by atoms with van der Waals surface area (Å²) in [5.41, 5.74) is 0.973. The summed E-state index contributed by atoms with van der Waals surface area (Å²) in [5.74, 6) is -5.98. The summed E-state index contributed by atoms with van der Waals surface area (Å²) in [6.07, 6.45) is 4.46. The Balaban J connectivity index is 1.86. The highest BCUT2D eigenvalue weighted by molar-refractivity contribution is 8.02. The highest BCUT2D eigenvalue weighted by Gasteiger charge is 2.40. The van der Waals surface area contributed by atoms with Crippen LogP contribution >= 0.6 is 72.4 Å². The second-order valence-electron chi connectivity index (χ2n) is 23.6. The molecule has 8 amide bonds. The van der Waals surface area contributed by atoms with Crippen molar-refractivity contribution in [2.45, 2.75) is 180 Å². The van der Waals surface area contributed by atoms with Crippen molar-refractivity contribution in [1.29, 1.82) is 0 Å². The highest BCUT2D eigenvalue weighted by Crippen LogP contribution is 2.20. The smallest absolute Gasteiger partial charge is 0.287 e. The van der Waals surface area contributed by atoms with Gasteiger partial charge in [0.1, 0.15) is 66.0 Å². The van der Waals surface area contributed by atoms with Gasteiger partial charge in [0, 0.05) is 31.8 Å². The minimum atomic E-state index is -1.59. The molecule has 31 heteroatoms. The maximum absolute atomic E-state index is 14.6. The van der Waals surface area contributed by atoms with Crippen LogP contribution in [0.25, 0.3) is 0 Å². The molecule has 3 rings (SSSR count). The Labute approximate surface area is 565 Å². The van der Waals surface area contributed by atoms with Crippen molar-refractivity contribution < 1.29 is 57.9 Å². The molecule has 15 atom stereocenters. The van der Waals surface area contributed by atoms with Crippen LogP contribution in [0.2, 0.25) is 0 Å². The average Bonchev–Trinajstić information content (AvgIpc) is 1.93. The minimum absolute atomic E-state index is 0.0674. The highest BCUT2D eigenvalue weighted by atomic mass is 32.2. The number of nitrogens with one attached hydrogen (secondary N) is 13. The lowest BCUT2D eigenvalue weighted by molar-refractivity contribution is -0.826. The summed E-state index contributed by atoms with van der Waals surface area (Å²) in [5, 5.41) is 47.1. The standard InChI is InChI=1S/C60H94N14O11S6/c1-17-31(6)45(72-57(86)35(10)63-49(77)33(8)64-58(87)40(22-24-90-16)67-59(88)44(30(4)5)69-52(80)36(11)75)60(89)65-34(9)51(79)70-46-37(12)91-25-23-61-54(82)47(48(76)42-27-73(13)28-74(42)14)71-53(81)41(26-38-18-20-39(85-15)21-19-38)66-50(78)32(7)62-55(83)43(29(2)3)68-56(46)84/h18-21,23,25,27,29-35,37,40-41,43-48,76H,17,22,24,26,28H2,1-16H3,(H,61,82)(H,62,83)(H,63,77)(H,64,87)(H,65,89)(H,66,78)(H,67,88)(H,68,84)(H,69,80)(H,70,79)(H,71,81)(H,72,86)/p+1. The van der Waals surface area contributed by atoms with E-state index in [1.807, 2.05) is 41.0 Å².